The fourth-order valence-electron chi connectivity index (χ4n) is 0.798. The van der Waals surface area contributed by atoms with E-state index in [1.165, 1.54) is 31.4 Å². The van der Waals surface area contributed by atoms with E-state index in [0.717, 1.165) is 5.75 Å². The zero-order chi connectivity index (χ0) is 7.66. The first-order valence-electron chi connectivity index (χ1n) is 4.10. The Bertz CT molecular complexity index is 49.2. The van der Waals surface area contributed by atoms with Crippen LogP contribution >= 0.6 is 11.8 Å². The maximum absolute atomic E-state index is 8.45. The molecule has 0 aromatic carbocycles. The lowest BCUT2D eigenvalue weighted by molar-refractivity contribution is 0.322. The molecule has 0 bridgehead atoms. The summed E-state index contributed by atoms with van der Waals surface area (Å²) in [7, 11) is 0. The normalized spacial score (nSPS) is 10.2. The molecule has 0 radical (unpaired) electrons. The zero-order valence-corrected chi connectivity index (χ0v) is 7.62. The number of hydrogen-bond acceptors (Lipinski definition) is 2. The van der Waals surface area contributed by atoms with Crippen molar-refractivity contribution in [3.8, 4) is 0 Å². The number of hydrogen-bond donors (Lipinski definition) is 1. The molecule has 0 amide bonds. The first-order valence-corrected chi connectivity index (χ1v) is 5.26. The molecule has 0 aliphatic carbocycles. The van der Waals surface area contributed by atoms with Gasteiger partial charge in [0.2, 0.25) is 0 Å². The van der Waals surface area contributed by atoms with E-state index < -0.39 is 0 Å². The average Bonchev–Trinajstić information content (AvgIpc) is 1.97. The molecule has 0 aromatic rings. The summed E-state index contributed by atoms with van der Waals surface area (Å²) in [4.78, 5) is 0. The van der Waals surface area contributed by atoms with Crippen LogP contribution in [0.25, 0.3) is 0 Å². The molecule has 0 spiro atoms. The maximum Gasteiger partial charge on any atom is 0.0521 e. The Hall–Kier alpha value is 0.310. The number of aliphatic hydroxyl groups excluding tert-OH is 1. The standard InChI is InChI=1S/C8H18OS/c1-2-3-4-5-7-10-8-6-9/h9H,2-8H2,1H3. The predicted molar refractivity (Wildman–Crippen MR) is 48.6 cm³/mol. The van der Waals surface area contributed by atoms with Crippen molar-refractivity contribution in [1.29, 1.82) is 0 Å². The first-order chi connectivity index (χ1) is 4.91. The molecule has 0 aromatic heterocycles. The topological polar surface area (TPSA) is 20.2 Å². The number of aliphatic hydroxyl groups is 1. The van der Waals surface area contributed by atoms with Crippen molar-refractivity contribution < 1.29 is 5.11 Å². The van der Waals surface area contributed by atoms with E-state index in [-0.39, 0.29) is 0 Å². The van der Waals surface area contributed by atoms with Crippen LogP contribution in [0.3, 0.4) is 0 Å². The van der Waals surface area contributed by atoms with Gasteiger partial charge in [-0.2, -0.15) is 11.8 Å². The summed E-state index contributed by atoms with van der Waals surface area (Å²) in [6, 6.07) is 0. The van der Waals surface area contributed by atoms with Gasteiger partial charge in [-0.1, -0.05) is 26.2 Å². The minimum absolute atomic E-state index is 0.332. The SMILES string of the molecule is CCCCCCSCCO. The number of thioether (sulfide) groups is 1. The van der Waals surface area contributed by atoms with Crippen molar-refractivity contribution >= 4 is 11.8 Å². The highest BCUT2D eigenvalue weighted by Gasteiger charge is 1.87. The highest BCUT2D eigenvalue weighted by Crippen LogP contribution is 2.06. The quantitative estimate of drug-likeness (QED) is 0.580. The third-order valence-corrected chi connectivity index (χ3v) is 2.43. The molecule has 0 aliphatic rings. The Morgan fingerprint density at radius 2 is 1.90 bits per heavy atom. The second-order valence-electron chi connectivity index (χ2n) is 2.40. The Kier molecular flexibility index (Phi) is 9.60. The van der Waals surface area contributed by atoms with Gasteiger partial charge in [-0.25, -0.2) is 0 Å². The summed E-state index contributed by atoms with van der Waals surface area (Å²) in [6.45, 7) is 2.55. The summed E-state index contributed by atoms with van der Waals surface area (Å²) in [5, 5.41) is 8.45. The van der Waals surface area contributed by atoms with E-state index >= 15 is 0 Å². The van der Waals surface area contributed by atoms with Crippen LogP contribution in [-0.4, -0.2) is 23.2 Å². The Morgan fingerprint density at radius 1 is 1.10 bits per heavy atom. The fourth-order valence-corrected chi connectivity index (χ4v) is 1.54. The first kappa shape index (κ1) is 10.3. The van der Waals surface area contributed by atoms with Gasteiger partial charge in [0, 0.05) is 5.75 Å². The van der Waals surface area contributed by atoms with Crippen molar-refractivity contribution in [3.05, 3.63) is 0 Å². The van der Waals surface area contributed by atoms with Crippen LogP contribution in [0.5, 0.6) is 0 Å². The molecule has 0 heterocycles. The maximum atomic E-state index is 8.45. The van der Waals surface area contributed by atoms with Crippen LogP contribution < -0.4 is 0 Å². The molecule has 0 aliphatic heterocycles. The number of rotatable bonds is 7. The van der Waals surface area contributed by atoms with E-state index in [1.54, 1.807) is 0 Å². The predicted octanol–water partition coefficient (Wildman–Crippen LogP) is 2.29. The summed E-state index contributed by atoms with van der Waals surface area (Å²) < 4.78 is 0. The monoisotopic (exact) mass is 162 g/mol. The van der Waals surface area contributed by atoms with Crippen molar-refractivity contribution in [2.75, 3.05) is 18.1 Å². The summed E-state index contributed by atoms with van der Waals surface area (Å²) in [5.74, 6) is 2.13. The van der Waals surface area contributed by atoms with Crippen LogP contribution in [-0.2, 0) is 0 Å². The lowest BCUT2D eigenvalue weighted by atomic mass is 10.2. The molecular weight excluding hydrogens is 144 g/mol. The Labute approximate surface area is 68.2 Å². The van der Waals surface area contributed by atoms with Crippen LogP contribution in [0.1, 0.15) is 32.6 Å². The van der Waals surface area contributed by atoms with E-state index in [1.807, 2.05) is 11.8 Å². The summed E-state index contributed by atoms with van der Waals surface area (Å²) in [6.07, 6.45) is 5.35. The van der Waals surface area contributed by atoms with Crippen LogP contribution in [0, 0.1) is 0 Å². The van der Waals surface area contributed by atoms with E-state index in [0.29, 0.717) is 6.61 Å². The van der Waals surface area contributed by atoms with Crippen molar-refractivity contribution in [2.45, 2.75) is 32.6 Å². The second-order valence-corrected chi connectivity index (χ2v) is 3.62. The van der Waals surface area contributed by atoms with Gasteiger partial charge in [0.15, 0.2) is 0 Å². The van der Waals surface area contributed by atoms with E-state index in [2.05, 4.69) is 6.92 Å². The minimum atomic E-state index is 0.332. The van der Waals surface area contributed by atoms with E-state index in [9.17, 15) is 0 Å². The molecule has 10 heavy (non-hydrogen) atoms. The lowest BCUT2D eigenvalue weighted by Crippen LogP contribution is -1.88. The Morgan fingerprint density at radius 3 is 2.50 bits per heavy atom. The molecule has 0 unspecified atom stereocenters. The summed E-state index contributed by atoms with van der Waals surface area (Å²) in [5.41, 5.74) is 0. The smallest absolute Gasteiger partial charge is 0.0521 e. The molecule has 0 atom stereocenters. The molecule has 0 fully saturated rings. The highest BCUT2D eigenvalue weighted by atomic mass is 32.2. The summed E-state index contributed by atoms with van der Waals surface area (Å²) >= 11 is 1.85. The average molecular weight is 162 g/mol. The van der Waals surface area contributed by atoms with Crippen LogP contribution in [0.15, 0.2) is 0 Å². The van der Waals surface area contributed by atoms with Gasteiger partial charge in [-0.05, 0) is 12.2 Å². The van der Waals surface area contributed by atoms with Gasteiger partial charge in [0.05, 0.1) is 6.61 Å². The molecule has 62 valence electrons. The van der Waals surface area contributed by atoms with Crippen molar-refractivity contribution in [1.82, 2.24) is 0 Å². The molecular formula is C8H18OS. The second kappa shape index (κ2) is 9.31. The van der Waals surface area contributed by atoms with Gasteiger partial charge in [-0.15, -0.1) is 0 Å². The Balaban J connectivity index is 2.65. The van der Waals surface area contributed by atoms with E-state index in [4.69, 9.17) is 5.11 Å². The van der Waals surface area contributed by atoms with Gasteiger partial charge in [-0.3, -0.25) is 0 Å². The molecule has 2 heteroatoms. The van der Waals surface area contributed by atoms with Gasteiger partial charge in [0.1, 0.15) is 0 Å². The zero-order valence-electron chi connectivity index (χ0n) is 6.81. The largest absolute Gasteiger partial charge is 0.396 e. The number of unbranched alkanes of at least 4 members (excludes halogenated alkanes) is 3. The fraction of sp³-hybridized carbons (Fsp3) is 1.00. The van der Waals surface area contributed by atoms with Gasteiger partial charge < -0.3 is 5.11 Å². The molecule has 0 rings (SSSR count). The highest BCUT2D eigenvalue weighted by molar-refractivity contribution is 7.99. The van der Waals surface area contributed by atoms with Gasteiger partial charge >= 0.3 is 0 Å². The third kappa shape index (κ3) is 8.31. The molecule has 1 N–H and O–H groups in total. The lowest BCUT2D eigenvalue weighted by Gasteiger charge is -1.97. The van der Waals surface area contributed by atoms with Crippen molar-refractivity contribution in [3.63, 3.8) is 0 Å². The van der Waals surface area contributed by atoms with Crippen molar-refractivity contribution in [2.24, 2.45) is 0 Å². The molecule has 0 saturated carbocycles. The molecule has 0 saturated heterocycles. The molecule has 1 nitrogen and oxygen atoms in total. The third-order valence-electron chi connectivity index (χ3n) is 1.38. The van der Waals surface area contributed by atoms with Crippen LogP contribution in [0.2, 0.25) is 0 Å². The van der Waals surface area contributed by atoms with Gasteiger partial charge in [0.25, 0.3) is 0 Å². The minimum Gasteiger partial charge on any atom is -0.396 e. The van der Waals surface area contributed by atoms with Crippen LogP contribution in [0.4, 0.5) is 0 Å².